The molecule has 1 fully saturated rings. The largest absolute Gasteiger partial charge is 0.356 e. The fourth-order valence-corrected chi connectivity index (χ4v) is 4.95. The Kier molecular flexibility index (Phi) is 6.07. The van der Waals surface area contributed by atoms with Crippen molar-refractivity contribution in [1.29, 1.82) is 0 Å². The summed E-state index contributed by atoms with van der Waals surface area (Å²) in [6.07, 6.45) is 12.2. The van der Waals surface area contributed by atoms with E-state index in [2.05, 4.69) is 35.1 Å². The first-order valence-corrected chi connectivity index (χ1v) is 11.7. The topological polar surface area (TPSA) is 102 Å². The van der Waals surface area contributed by atoms with Crippen LogP contribution in [0.15, 0.2) is 55.6 Å². The zero-order chi connectivity index (χ0) is 22.6. The maximum atomic E-state index is 13.0. The van der Waals surface area contributed by atoms with Crippen LogP contribution >= 0.6 is 11.3 Å². The number of aryl methyl sites for hydroxylation is 1. The average Bonchev–Trinajstić information content (AvgIpc) is 3.53. The number of carbonyl (C=O) groups excluding carboxylic acids is 1. The molecule has 1 unspecified atom stereocenters. The summed E-state index contributed by atoms with van der Waals surface area (Å²) in [6.45, 7) is 3.96. The van der Waals surface area contributed by atoms with Crippen LogP contribution in [0.4, 0.5) is 5.82 Å². The van der Waals surface area contributed by atoms with Crippen molar-refractivity contribution in [3.05, 3.63) is 66.2 Å². The Labute approximate surface area is 195 Å². The van der Waals surface area contributed by atoms with E-state index in [-0.39, 0.29) is 11.8 Å². The standard InChI is InChI=1S/C23H24N8OS/c1-16-19(33-23(29-16)17-4-2-6-24-11-17)12-26-22(32)18-5-3-8-30(13-18)20-10-21(28-14-27-20)31-9-7-25-15-31/h2,4,6-7,9-11,14-15,18H,3,5,8,12-13H2,1H3,(H,26,32). The van der Waals surface area contributed by atoms with Crippen LogP contribution in [0.1, 0.15) is 23.4 Å². The number of rotatable bonds is 6. The molecule has 0 bridgehead atoms. The molecule has 168 valence electrons. The number of hydrogen-bond acceptors (Lipinski definition) is 8. The third-order valence-corrected chi connectivity index (χ3v) is 6.95. The lowest BCUT2D eigenvalue weighted by atomic mass is 9.97. The number of amides is 1. The van der Waals surface area contributed by atoms with Crippen molar-refractivity contribution in [3.8, 4) is 16.4 Å². The highest BCUT2D eigenvalue weighted by molar-refractivity contribution is 7.15. The van der Waals surface area contributed by atoms with Gasteiger partial charge in [-0.1, -0.05) is 0 Å². The Hall–Kier alpha value is -3.66. The Balaban J connectivity index is 1.22. The number of nitrogens with zero attached hydrogens (tertiary/aromatic N) is 7. The number of imidazole rings is 1. The van der Waals surface area contributed by atoms with Crippen molar-refractivity contribution >= 4 is 23.1 Å². The van der Waals surface area contributed by atoms with Gasteiger partial charge in [0.15, 0.2) is 0 Å². The second-order valence-electron chi connectivity index (χ2n) is 7.98. The fraction of sp³-hybridized carbons (Fsp3) is 0.304. The van der Waals surface area contributed by atoms with E-state index in [1.165, 1.54) is 0 Å². The number of anilines is 1. The van der Waals surface area contributed by atoms with Gasteiger partial charge in [-0.3, -0.25) is 14.3 Å². The monoisotopic (exact) mass is 460 g/mol. The lowest BCUT2D eigenvalue weighted by molar-refractivity contribution is -0.125. The van der Waals surface area contributed by atoms with Crippen molar-refractivity contribution in [2.75, 3.05) is 18.0 Å². The molecule has 0 radical (unpaired) electrons. The van der Waals surface area contributed by atoms with Gasteiger partial charge in [-0.2, -0.15) is 0 Å². The van der Waals surface area contributed by atoms with Gasteiger partial charge < -0.3 is 10.2 Å². The summed E-state index contributed by atoms with van der Waals surface area (Å²) in [5.41, 5.74) is 1.93. The normalized spacial score (nSPS) is 16.0. The summed E-state index contributed by atoms with van der Waals surface area (Å²) < 4.78 is 1.84. The smallest absolute Gasteiger partial charge is 0.225 e. The van der Waals surface area contributed by atoms with Gasteiger partial charge in [0.05, 0.1) is 18.2 Å². The molecule has 1 aliphatic heterocycles. The minimum atomic E-state index is -0.0866. The summed E-state index contributed by atoms with van der Waals surface area (Å²) in [4.78, 5) is 37.9. The highest BCUT2D eigenvalue weighted by Crippen LogP contribution is 2.28. The summed E-state index contributed by atoms with van der Waals surface area (Å²) in [5, 5.41) is 4.05. The van der Waals surface area contributed by atoms with Crippen LogP contribution in [0.3, 0.4) is 0 Å². The molecule has 10 heteroatoms. The number of aromatic nitrogens is 6. The number of nitrogens with one attached hydrogen (secondary N) is 1. The van der Waals surface area contributed by atoms with Crippen LogP contribution in [-0.2, 0) is 11.3 Å². The van der Waals surface area contributed by atoms with E-state index >= 15 is 0 Å². The molecule has 1 amide bonds. The van der Waals surface area contributed by atoms with Gasteiger partial charge >= 0.3 is 0 Å². The summed E-state index contributed by atoms with van der Waals surface area (Å²) in [6, 6.07) is 5.83. The van der Waals surface area contributed by atoms with Gasteiger partial charge in [-0.05, 0) is 31.9 Å². The maximum Gasteiger partial charge on any atom is 0.225 e. The first-order valence-electron chi connectivity index (χ1n) is 10.9. The highest BCUT2D eigenvalue weighted by Gasteiger charge is 2.27. The Bertz CT molecular complexity index is 1220. The van der Waals surface area contributed by atoms with Gasteiger partial charge in [0.2, 0.25) is 5.91 Å². The van der Waals surface area contributed by atoms with E-state index in [0.717, 1.165) is 52.2 Å². The number of pyridine rings is 1. The van der Waals surface area contributed by atoms with Crippen molar-refractivity contribution < 1.29 is 4.79 Å². The van der Waals surface area contributed by atoms with Crippen LogP contribution in [0.2, 0.25) is 0 Å². The molecule has 1 atom stereocenters. The lowest BCUT2D eigenvalue weighted by Crippen LogP contribution is -2.43. The predicted molar refractivity (Wildman–Crippen MR) is 126 cm³/mol. The van der Waals surface area contributed by atoms with Gasteiger partial charge in [0, 0.05) is 54.4 Å². The third kappa shape index (κ3) is 4.75. The number of carbonyl (C=O) groups is 1. The summed E-state index contributed by atoms with van der Waals surface area (Å²) >= 11 is 1.60. The van der Waals surface area contributed by atoms with Crippen LogP contribution in [0.25, 0.3) is 16.4 Å². The molecule has 1 N–H and O–H groups in total. The van der Waals surface area contributed by atoms with Crippen LogP contribution < -0.4 is 10.2 Å². The van der Waals surface area contributed by atoms with Gasteiger partial charge in [0.25, 0.3) is 0 Å². The number of piperidine rings is 1. The Morgan fingerprint density at radius 1 is 1.24 bits per heavy atom. The predicted octanol–water partition coefficient (Wildman–Crippen LogP) is 3.02. The fourth-order valence-electron chi connectivity index (χ4n) is 3.96. The molecule has 5 heterocycles. The van der Waals surface area contributed by atoms with E-state index < -0.39 is 0 Å². The molecule has 9 nitrogen and oxygen atoms in total. The molecule has 5 rings (SSSR count). The van der Waals surface area contributed by atoms with Crippen molar-refractivity contribution in [2.24, 2.45) is 5.92 Å². The highest BCUT2D eigenvalue weighted by atomic mass is 32.1. The van der Waals surface area contributed by atoms with Crippen molar-refractivity contribution in [3.63, 3.8) is 0 Å². The Morgan fingerprint density at radius 2 is 2.15 bits per heavy atom. The molecule has 0 aliphatic carbocycles. The molecule has 0 aromatic carbocycles. The van der Waals surface area contributed by atoms with Crippen LogP contribution in [-0.4, -0.2) is 48.5 Å². The second-order valence-corrected chi connectivity index (χ2v) is 9.06. The summed E-state index contributed by atoms with van der Waals surface area (Å²) in [5.74, 6) is 1.57. The van der Waals surface area contributed by atoms with Gasteiger partial charge in [-0.15, -0.1) is 11.3 Å². The molecule has 1 saturated heterocycles. The molecule has 0 spiro atoms. The van der Waals surface area contributed by atoms with Gasteiger partial charge in [-0.25, -0.2) is 19.9 Å². The molecular weight excluding hydrogens is 436 g/mol. The third-order valence-electron chi connectivity index (χ3n) is 5.75. The number of hydrogen-bond donors (Lipinski definition) is 1. The quantitative estimate of drug-likeness (QED) is 0.472. The summed E-state index contributed by atoms with van der Waals surface area (Å²) in [7, 11) is 0. The van der Waals surface area contributed by atoms with E-state index in [0.29, 0.717) is 13.1 Å². The number of thiazole rings is 1. The first-order chi connectivity index (χ1) is 16.2. The van der Waals surface area contributed by atoms with E-state index in [9.17, 15) is 4.79 Å². The second kappa shape index (κ2) is 9.45. The van der Waals surface area contributed by atoms with Crippen molar-refractivity contribution in [2.45, 2.75) is 26.3 Å². The van der Waals surface area contributed by atoms with Gasteiger partial charge in [0.1, 0.15) is 29.3 Å². The minimum absolute atomic E-state index is 0.0688. The molecule has 4 aromatic heterocycles. The van der Waals surface area contributed by atoms with Crippen LogP contribution in [0, 0.1) is 12.8 Å². The lowest BCUT2D eigenvalue weighted by Gasteiger charge is -2.32. The Morgan fingerprint density at radius 3 is 2.97 bits per heavy atom. The molecule has 33 heavy (non-hydrogen) atoms. The zero-order valence-corrected chi connectivity index (χ0v) is 19.1. The SMILES string of the molecule is Cc1nc(-c2cccnc2)sc1CNC(=O)C1CCCN(c2cc(-n3ccnc3)ncn2)C1. The molecule has 0 saturated carbocycles. The first kappa shape index (κ1) is 21.2. The molecular formula is C23H24N8OS. The molecule has 4 aromatic rings. The van der Waals surface area contributed by atoms with Crippen molar-refractivity contribution in [1.82, 2.24) is 34.8 Å². The minimum Gasteiger partial charge on any atom is -0.356 e. The average molecular weight is 461 g/mol. The van der Waals surface area contributed by atoms with E-state index in [1.807, 2.05) is 42.1 Å². The molecule has 1 aliphatic rings. The maximum absolute atomic E-state index is 13.0. The van der Waals surface area contributed by atoms with E-state index in [4.69, 9.17) is 0 Å². The van der Waals surface area contributed by atoms with Crippen LogP contribution in [0.5, 0.6) is 0 Å². The van der Waals surface area contributed by atoms with E-state index in [1.54, 1.807) is 36.4 Å². The zero-order valence-electron chi connectivity index (χ0n) is 18.3.